The van der Waals surface area contributed by atoms with Gasteiger partial charge in [-0.3, -0.25) is 9.69 Å². The normalized spacial score (nSPS) is 16.1. The summed E-state index contributed by atoms with van der Waals surface area (Å²) in [5.41, 5.74) is 2.11. The third-order valence-corrected chi connectivity index (χ3v) is 6.28. The van der Waals surface area contributed by atoms with Crippen molar-refractivity contribution in [3.05, 3.63) is 99.7 Å². The van der Waals surface area contributed by atoms with Crippen molar-refractivity contribution in [2.45, 2.75) is 20.5 Å². The Morgan fingerprint density at radius 1 is 1.06 bits per heavy atom. The molecule has 4 rings (SSSR count). The predicted molar refractivity (Wildman–Crippen MR) is 138 cm³/mol. The molecule has 0 aliphatic carbocycles. The molecule has 1 amide bonds. The van der Waals surface area contributed by atoms with E-state index in [-0.39, 0.29) is 18.3 Å². The molecule has 3 aromatic rings. The van der Waals surface area contributed by atoms with E-state index >= 15 is 0 Å². The van der Waals surface area contributed by atoms with Gasteiger partial charge in [0.2, 0.25) is 0 Å². The van der Waals surface area contributed by atoms with Crippen LogP contribution in [0, 0.1) is 11.7 Å². The molecule has 0 spiro atoms. The summed E-state index contributed by atoms with van der Waals surface area (Å²) >= 11 is 7.34. The molecule has 1 fully saturated rings. The van der Waals surface area contributed by atoms with Gasteiger partial charge in [-0.15, -0.1) is 0 Å². The molecule has 0 unspecified atom stereocenters. The quantitative estimate of drug-likeness (QED) is 0.323. The topological polar surface area (TPSA) is 41.9 Å². The van der Waals surface area contributed by atoms with E-state index in [2.05, 4.69) is 18.8 Å². The second kappa shape index (κ2) is 10.9. The Hall–Kier alpha value is -3.09. The van der Waals surface area contributed by atoms with Crippen molar-refractivity contribution in [2.24, 2.45) is 10.9 Å². The number of benzene rings is 3. The first-order valence-electron chi connectivity index (χ1n) is 10.9. The lowest BCUT2D eigenvalue weighted by Crippen LogP contribution is -2.32. The van der Waals surface area contributed by atoms with E-state index in [0.29, 0.717) is 38.9 Å². The lowest BCUT2D eigenvalue weighted by Gasteiger charge is -2.17. The third-order valence-electron chi connectivity index (χ3n) is 5.02. The van der Waals surface area contributed by atoms with Crippen LogP contribution < -0.4 is 4.74 Å². The summed E-state index contributed by atoms with van der Waals surface area (Å²) in [6.45, 7) is 4.87. The Kier molecular flexibility index (Phi) is 7.70. The monoisotopic (exact) mass is 494 g/mol. The van der Waals surface area contributed by atoms with Crippen LogP contribution in [-0.4, -0.2) is 22.5 Å². The zero-order chi connectivity index (χ0) is 24.1. The molecule has 1 aliphatic rings. The summed E-state index contributed by atoms with van der Waals surface area (Å²) in [4.78, 5) is 20.1. The molecule has 174 valence electrons. The minimum absolute atomic E-state index is 0.0636. The first-order valence-corrected chi connectivity index (χ1v) is 12.1. The van der Waals surface area contributed by atoms with Crippen LogP contribution in [0.15, 0.2) is 82.7 Å². The minimum Gasteiger partial charge on any atom is -0.489 e. The number of thioether (sulfide) groups is 1. The van der Waals surface area contributed by atoms with Crippen LogP contribution in [0.3, 0.4) is 0 Å². The van der Waals surface area contributed by atoms with E-state index in [0.717, 1.165) is 11.3 Å². The molecule has 7 heteroatoms. The summed E-state index contributed by atoms with van der Waals surface area (Å²) in [7, 11) is 0. The smallest absolute Gasteiger partial charge is 0.266 e. The molecule has 1 aliphatic heterocycles. The second-order valence-electron chi connectivity index (χ2n) is 8.24. The maximum atomic E-state index is 13.8. The summed E-state index contributed by atoms with van der Waals surface area (Å²) in [6.07, 6.45) is 1.85. The number of ether oxygens (including phenoxy) is 1. The van der Waals surface area contributed by atoms with E-state index in [4.69, 9.17) is 16.3 Å². The second-order valence-corrected chi connectivity index (χ2v) is 9.69. The van der Waals surface area contributed by atoms with Gasteiger partial charge in [0, 0.05) is 17.1 Å². The van der Waals surface area contributed by atoms with Gasteiger partial charge in [0.1, 0.15) is 18.2 Å². The number of halogens is 2. The number of hydrogen-bond donors (Lipinski definition) is 0. The van der Waals surface area contributed by atoms with E-state index < -0.39 is 0 Å². The Morgan fingerprint density at radius 2 is 1.76 bits per heavy atom. The van der Waals surface area contributed by atoms with Crippen molar-refractivity contribution in [3.63, 3.8) is 0 Å². The van der Waals surface area contributed by atoms with Gasteiger partial charge in [0.15, 0.2) is 5.17 Å². The van der Waals surface area contributed by atoms with E-state index in [1.165, 1.54) is 17.8 Å². The Morgan fingerprint density at radius 3 is 2.44 bits per heavy atom. The number of rotatable bonds is 7. The van der Waals surface area contributed by atoms with E-state index in [1.807, 2.05) is 42.5 Å². The molecule has 1 saturated heterocycles. The summed E-state index contributed by atoms with van der Waals surface area (Å²) in [5.74, 6) is 0.571. The van der Waals surface area contributed by atoms with Crippen LogP contribution in [0.4, 0.5) is 10.1 Å². The number of aliphatic imine (C=N–C) groups is 1. The highest BCUT2D eigenvalue weighted by Gasteiger charge is 2.33. The van der Waals surface area contributed by atoms with Crippen LogP contribution in [0.5, 0.6) is 5.75 Å². The lowest BCUT2D eigenvalue weighted by atomic mass is 10.2. The molecule has 34 heavy (non-hydrogen) atoms. The van der Waals surface area contributed by atoms with Crippen molar-refractivity contribution in [3.8, 4) is 5.75 Å². The zero-order valence-corrected chi connectivity index (χ0v) is 20.4. The molecule has 0 atom stereocenters. The highest BCUT2D eigenvalue weighted by Crippen LogP contribution is 2.35. The van der Waals surface area contributed by atoms with E-state index in [9.17, 15) is 9.18 Å². The van der Waals surface area contributed by atoms with Crippen molar-refractivity contribution >= 4 is 46.2 Å². The molecular weight excluding hydrogens is 471 g/mol. The highest BCUT2D eigenvalue weighted by molar-refractivity contribution is 8.18. The van der Waals surface area contributed by atoms with Crippen LogP contribution in [0.25, 0.3) is 6.08 Å². The number of hydrogen-bond acceptors (Lipinski definition) is 4. The van der Waals surface area contributed by atoms with Crippen LogP contribution >= 0.6 is 23.4 Å². The maximum Gasteiger partial charge on any atom is 0.266 e. The largest absolute Gasteiger partial charge is 0.489 e. The fourth-order valence-corrected chi connectivity index (χ4v) is 4.47. The third kappa shape index (κ3) is 6.07. The van der Waals surface area contributed by atoms with Gasteiger partial charge >= 0.3 is 0 Å². The molecule has 0 radical (unpaired) electrons. The van der Waals surface area contributed by atoms with Gasteiger partial charge in [0.25, 0.3) is 5.91 Å². The van der Waals surface area contributed by atoms with Crippen molar-refractivity contribution in [1.29, 1.82) is 0 Å². The average Bonchev–Trinajstić information content (AvgIpc) is 3.09. The number of carbonyl (C=O) groups excluding carboxylic acids is 1. The van der Waals surface area contributed by atoms with Crippen molar-refractivity contribution < 1.29 is 13.9 Å². The molecule has 3 aromatic carbocycles. The van der Waals surface area contributed by atoms with Gasteiger partial charge in [-0.25, -0.2) is 9.38 Å². The Bertz CT molecular complexity index is 1220. The number of nitrogens with zero attached hydrogens (tertiary/aromatic N) is 2. The standard InChI is InChI=1S/C27H24ClFN2O2S/c1-18(2)16-31-26(32)25(34-27(31)30-22-11-9-21(28)10-12-22)15-19-7-13-23(14-8-19)33-17-20-5-3-4-6-24(20)29/h3-15,18H,16-17H2,1-2H3/b25-15-,30-27?. The van der Waals surface area contributed by atoms with Gasteiger partial charge in [-0.1, -0.05) is 55.8 Å². The summed E-state index contributed by atoms with van der Waals surface area (Å²) < 4.78 is 19.5. The van der Waals surface area contributed by atoms with Crippen LogP contribution in [0.1, 0.15) is 25.0 Å². The van der Waals surface area contributed by atoms with Gasteiger partial charge in [-0.2, -0.15) is 0 Å². The number of carbonyl (C=O) groups is 1. The minimum atomic E-state index is -0.289. The van der Waals surface area contributed by atoms with Gasteiger partial charge in [0.05, 0.1) is 10.6 Å². The summed E-state index contributed by atoms with van der Waals surface area (Å²) in [5, 5.41) is 1.29. The lowest BCUT2D eigenvalue weighted by molar-refractivity contribution is -0.122. The van der Waals surface area contributed by atoms with Crippen LogP contribution in [-0.2, 0) is 11.4 Å². The molecule has 0 aromatic heterocycles. The fraction of sp³-hybridized carbons (Fsp3) is 0.185. The van der Waals surface area contributed by atoms with Crippen molar-refractivity contribution in [2.75, 3.05) is 6.54 Å². The van der Waals surface area contributed by atoms with Gasteiger partial charge < -0.3 is 4.74 Å². The number of amidine groups is 1. The highest BCUT2D eigenvalue weighted by atomic mass is 35.5. The number of amides is 1. The average molecular weight is 495 g/mol. The first kappa shape index (κ1) is 24.0. The van der Waals surface area contributed by atoms with Gasteiger partial charge in [-0.05, 0) is 71.8 Å². The fourth-order valence-electron chi connectivity index (χ4n) is 3.33. The summed E-state index contributed by atoms with van der Waals surface area (Å²) in [6, 6.07) is 21.1. The van der Waals surface area contributed by atoms with E-state index in [1.54, 1.807) is 35.2 Å². The predicted octanol–water partition coefficient (Wildman–Crippen LogP) is 7.32. The molecule has 0 N–H and O–H groups in total. The molecule has 1 heterocycles. The molecular formula is C27H24ClFN2O2S. The Balaban J connectivity index is 1.50. The molecule has 0 bridgehead atoms. The Labute approximate surface area is 208 Å². The maximum absolute atomic E-state index is 13.8. The zero-order valence-electron chi connectivity index (χ0n) is 18.9. The first-order chi connectivity index (χ1) is 16.4. The van der Waals surface area contributed by atoms with Crippen molar-refractivity contribution in [1.82, 2.24) is 4.90 Å². The SMILES string of the molecule is CC(C)CN1C(=O)/C(=C/c2ccc(OCc3ccccc3F)cc2)SC1=Nc1ccc(Cl)cc1. The molecule has 0 saturated carbocycles. The molecule has 4 nitrogen and oxygen atoms in total. The van der Waals surface area contributed by atoms with Crippen LogP contribution in [0.2, 0.25) is 5.02 Å².